The van der Waals surface area contributed by atoms with Crippen LogP contribution in [0.5, 0.6) is 0 Å². The highest BCUT2D eigenvalue weighted by molar-refractivity contribution is 5.86. The number of nitrogens with zero attached hydrogens (tertiary/aromatic N) is 3. The molecule has 1 atom stereocenters. The Hall–Kier alpha value is -1.79. The number of piperazine rings is 1. The predicted molar refractivity (Wildman–Crippen MR) is 80.8 cm³/mol. The molecule has 1 saturated heterocycles. The number of rotatable bonds is 3. The topological polar surface area (TPSA) is 70.6 Å². The molecule has 1 unspecified atom stereocenters. The molecule has 0 aliphatic carbocycles. The molecule has 1 aliphatic rings. The molecule has 0 radical (unpaired) electrons. The molecule has 2 heterocycles. The molecule has 3 rings (SSSR count). The number of nitrogens with two attached hydrogens (primary N) is 1. The number of likely N-dealkylation sites (N-methyl/N-ethyl adjacent to an activating group) is 2. The Morgan fingerprint density at radius 2 is 2.25 bits per heavy atom. The number of hydrogen-bond acceptors (Lipinski definition) is 6. The first-order valence-corrected chi connectivity index (χ1v) is 6.91. The molecule has 1 fully saturated rings. The summed E-state index contributed by atoms with van der Waals surface area (Å²) in [5.74, 6) is 0. The van der Waals surface area contributed by atoms with Crippen molar-refractivity contribution in [1.29, 1.82) is 0 Å². The molecule has 0 bridgehead atoms. The summed E-state index contributed by atoms with van der Waals surface area (Å²) in [5.41, 5.74) is 7.98. The number of para-hydroxylation sites is 1. The van der Waals surface area contributed by atoms with Crippen LogP contribution < -0.4 is 11.1 Å². The predicted octanol–water partition coefficient (Wildman–Crippen LogP) is 1.07. The summed E-state index contributed by atoms with van der Waals surface area (Å²) in [7, 11) is 4.31. The molecule has 0 spiro atoms. The summed E-state index contributed by atoms with van der Waals surface area (Å²) in [6.45, 7) is 4.06. The molecular weight excluding hydrogens is 254 g/mol. The lowest BCUT2D eigenvalue weighted by atomic mass is 10.2. The van der Waals surface area contributed by atoms with Crippen molar-refractivity contribution in [2.24, 2.45) is 0 Å². The van der Waals surface area contributed by atoms with Crippen molar-refractivity contribution in [3.63, 3.8) is 0 Å². The number of fused-ring (bicyclic) bond motifs is 1. The fourth-order valence-corrected chi connectivity index (χ4v) is 2.57. The van der Waals surface area contributed by atoms with Crippen molar-refractivity contribution < 1.29 is 4.42 Å². The molecule has 1 aromatic heterocycles. The molecule has 6 nitrogen and oxygen atoms in total. The lowest BCUT2D eigenvalue weighted by Gasteiger charge is -2.37. The summed E-state index contributed by atoms with van der Waals surface area (Å²) < 4.78 is 5.67. The first-order valence-electron chi connectivity index (χ1n) is 6.91. The number of anilines is 2. The van der Waals surface area contributed by atoms with Crippen LogP contribution in [0.2, 0.25) is 0 Å². The minimum atomic E-state index is 0.459. The van der Waals surface area contributed by atoms with Crippen molar-refractivity contribution in [2.45, 2.75) is 6.04 Å². The molecule has 2 aromatic rings. The van der Waals surface area contributed by atoms with Crippen LogP contribution in [0.15, 0.2) is 22.6 Å². The summed E-state index contributed by atoms with van der Waals surface area (Å²) in [6, 6.07) is 6.58. The number of aromatic nitrogens is 1. The van der Waals surface area contributed by atoms with E-state index in [-0.39, 0.29) is 0 Å². The smallest absolute Gasteiger partial charge is 0.295 e. The fourth-order valence-electron chi connectivity index (χ4n) is 2.57. The van der Waals surface area contributed by atoms with E-state index in [2.05, 4.69) is 34.2 Å². The lowest BCUT2D eigenvalue weighted by Crippen LogP contribution is -2.52. The molecule has 0 amide bonds. The number of nitrogen functional groups attached to an aromatic ring is 1. The van der Waals surface area contributed by atoms with Gasteiger partial charge in [-0.05, 0) is 26.2 Å². The van der Waals surface area contributed by atoms with Crippen LogP contribution >= 0.6 is 0 Å². The zero-order valence-corrected chi connectivity index (χ0v) is 12.0. The molecule has 6 heteroatoms. The van der Waals surface area contributed by atoms with Crippen molar-refractivity contribution in [2.75, 3.05) is 51.3 Å². The highest BCUT2D eigenvalue weighted by Gasteiger charge is 2.22. The SMILES string of the molecule is CN1CCN(C)C(CNc2nc3c(N)cccc3o2)C1. The van der Waals surface area contributed by atoms with Crippen LogP contribution in [-0.2, 0) is 0 Å². The normalized spacial score (nSPS) is 21.4. The second kappa shape index (κ2) is 5.30. The largest absolute Gasteiger partial charge is 0.423 e. The third-order valence-corrected chi connectivity index (χ3v) is 3.92. The molecule has 108 valence electrons. The number of oxazole rings is 1. The van der Waals surface area contributed by atoms with Gasteiger partial charge in [0.2, 0.25) is 0 Å². The van der Waals surface area contributed by atoms with Crippen molar-refractivity contribution >= 4 is 22.8 Å². The van der Waals surface area contributed by atoms with Gasteiger partial charge in [-0.3, -0.25) is 4.90 Å². The highest BCUT2D eigenvalue weighted by atomic mass is 16.4. The zero-order valence-electron chi connectivity index (χ0n) is 12.0. The summed E-state index contributed by atoms with van der Waals surface area (Å²) in [5, 5.41) is 3.28. The van der Waals surface area contributed by atoms with E-state index in [9.17, 15) is 0 Å². The Balaban J connectivity index is 1.69. The molecule has 20 heavy (non-hydrogen) atoms. The van der Waals surface area contributed by atoms with E-state index in [1.807, 2.05) is 18.2 Å². The standard InChI is InChI=1S/C14H21N5O/c1-18-6-7-19(2)10(9-18)8-16-14-17-13-11(15)4-3-5-12(13)20-14/h3-5,10H,6-9,15H2,1-2H3,(H,16,17). The zero-order chi connectivity index (χ0) is 14.1. The van der Waals surface area contributed by atoms with Gasteiger partial charge in [0.25, 0.3) is 6.01 Å². The quantitative estimate of drug-likeness (QED) is 0.817. The molecule has 3 N–H and O–H groups in total. The van der Waals surface area contributed by atoms with Gasteiger partial charge in [0.05, 0.1) is 5.69 Å². The van der Waals surface area contributed by atoms with Crippen molar-refractivity contribution in [1.82, 2.24) is 14.8 Å². The third-order valence-electron chi connectivity index (χ3n) is 3.92. The highest BCUT2D eigenvalue weighted by Crippen LogP contribution is 2.23. The fraction of sp³-hybridized carbons (Fsp3) is 0.500. The Labute approximate surface area is 118 Å². The molecule has 1 aliphatic heterocycles. The second-order valence-electron chi connectivity index (χ2n) is 5.49. The van der Waals surface area contributed by atoms with Crippen molar-refractivity contribution in [3.8, 4) is 0 Å². The van der Waals surface area contributed by atoms with Gasteiger partial charge in [-0.1, -0.05) is 6.07 Å². The Morgan fingerprint density at radius 3 is 3.05 bits per heavy atom. The lowest BCUT2D eigenvalue weighted by molar-refractivity contribution is 0.121. The first kappa shape index (κ1) is 13.2. The van der Waals surface area contributed by atoms with Crippen molar-refractivity contribution in [3.05, 3.63) is 18.2 Å². The van der Waals surface area contributed by atoms with Gasteiger partial charge in [0, 0.05) is 32.2 Å². The average Bonchev–Trinajstić information content (AvgIpc) is 2.84. The maximum Gasteiger partial charge on any atom is 0.295 e. The van der Waals surface area contributed by atoms with Crippen LogP contribution in [0.3, 0.4) is 0 Å². The first-order chi connectivity index (χ1) is 9.63. The Kier molecular flexibility index (Phi) is 3.50. The maximum absolute atomic E-state index is 5.88. The van der Waals surface area contributed by atoms with E-state index in [0.717, 1.165) is 37.3 Å². The van der Waals surface area contributed by atoms with E-state index in [1.54, 1.807) is 0 Å². The van der Waals surface area contributed by atoms with Crippen LogP contribution in [0.25, 0.3) is 11.1 Å². The van der Waals surface area contributed by atoms with Gasteiger partial charge >= 0.3 is 0 Å². The van der Waals surface area contributed by atoms with E-state index in [4.69, 9.17) is 10.2 Å². The number of nitrogens with one attached hydrogen (secondary N) is 1. The van der Waals surface area contributed by atoms with E-state index in [0.29, 0.717) is 17.7 Å². The molecule has 0 saturated carbocycles. The van der Waals surface area contributed by atoms with E-state index in [1.165, 1.54) is 0 Å². The average molecular weight is 275 g/mol. The van der Waals surface area contributed by atoms with Crippen LogP contribution in [0.4, 0.5) is 11.7 Å². The Bertz CT molecular complexity index is 596. The van der Waals surface area contributed by atoms with Crippen LogP contribution in [0, 0.1) is 0 Å². The third kappa shape index (κ3) is 2.57. The van der Waals surface area contributed by atoms with E-state index >= 15 is 0 Å². The van der Waals surface area contributed by atoms with Gasteiger partial charge in [-0.15, -0.1) is 0 Å². The second-order valence-corrected chi connectivity index (χ2v) is 5.49. The Morgan fingerprint density at radius 1 is 1.40 bits per heavy atom. The van der Waals surface area contributed by atoms with Gasteiger partial charge in [0.1, 0.15) is 5.52 Å². The maximum atomic E-state index is 5.88. The van der Waals surface area contributed by atoms with Gasteiger partial charge in [-0.2, -0.15) is 4.98 Å². The molecular formula is C14H21N5O. The minimum absolute atomic E-state index is 0.459. The number of hydrogen-bond donors (Lipinski definition) is 2. The van der Waals surface area contributed by atoms with E-state index < -0.39 is 0 Å². The van der Waals surface area contributed by atoms with Gasteiger partial charge in [0.15, 0.2) is 5.58 Å². The van der Waals surface area contributed by atoms with Gasteiger partial charge in [-0.25, -0.2) is 0 Å². The van der Waals surface area contributed by atoms with Gasteiger partial charge < -0.3 is 20.4 Å². The van der Waals surface area contributed by atoms with Crippen LogP contribution in [-0.4, -0.2) is 61.1 Å². The monoisotopic (exact) mass is 275 g/mol. The summed E-state index contributed by atoms with van der Waals surface area (Å²) in [6.07, 6.45) is 0. The molecule has 1 aromatic carbocycles. The van der Waals surface area contributed by atoms with Crippen LogP contribution in [0.1, 0.15) is 0 Å². The minimum Gasteiger partial charge on any atom is -0.423 e. The summed E-state index contributed by atoms with van der Waals surface area (Å²) >= 11 is 0. The summed E-state index contributed by atoms with van der Waals surface area (Å²) in [4.78, 5) is 9.11. The number of benzene rings is 1.